The second-order valence-electron chi connectivity index (χ2n) is 12.4. The Balaban J connectivity index is 1.45. The quantitative estimate of drug-likeness (QED) is 0.0692. The van der Waals surface area contributed by atoms with E-state index in [9.17, 15) is 19.2 Å². The van der Waals surface area contributed by atoms with E-state index in [0.717, 1.165) is 16.7 Å². The van der Waals surface area contributed by atoms with Crippen molar-refractivity contribution in [2.24, 2.45) is 0 Å². The average molecular weight is 707 g/mol. The van der Waals surface area contributed by atoms with Crippen LogP contribution in [0.25, 0.3) is 11.0 Å². The number of hydrogen-bond donors (Lipinski definition) is 0. The van der Waals surface area contributed by atoms with Crippen LogP contribution >= 0.6 is 0 Å². The highest BCUT2D eigenvalue weighted by atomic mass is 16.7. The van der Waals surface area contributed by atoms with Crippen LogP contribution in [0.2, 0.25) is 0 Å². The maximum Gasteiger partial charge on any atom is 0.336 e. The van der Waals surface area contributed by atoms with Gasteiger partial charge < -0.3 is 32.8 Å². The summed E-state index contributed by atoms with van der Waals surface area (Å²) in [7, 11) is 0. The van der Waals surface area contributed by atoms with Crippen LogP contribution in [0.3, 0.4) is 0 Å². The Bertz CT molecular complexity index is 1980. The number of fused-ring (bicyclic) bond motifs is 1. The molecule has 0 aliphatic carbocycles. The second kappa shape index (κ2) is 15.6. The van der Waals surface area contributed by atoms with Crippen molar-refractivity contribution in [2.45, 2.75) is 64.0 Å². The van der Waals surface area contributed by atoms with Crippen molar-refractivity contribution in [1.29, 1.82) is 0 Å². The Morgan fingerprint density at radius 1 is 0.654 bits per heavy atom. The molecule has 5 atom stereocenters. The summed E-state index contributed by atoms with van der Waals surface area (Å²) in [4.78, 5) is 49.8. The fraction of sp³-hybridized carbons (Fsp3) is 0.268. The van der Waals surface area contributed by atoms with Crippen molar-refractivity contribution in [3.8, 4) is 5.75 Å². The average Bonchev–Trinajstić information content (AvgIpc) is 3.12. The Labute approximate surface area is 300 Å². The zero-order valence-electron chi connectivity index (χ0n) is 29.1. The summed E-state index contributed by atoms with van der Waals surface area (Å²) in [5.41, 5.74) is 1.66. The van der Waals surface area contributed by atoms with Crippen molar-refractivity contribution < 1.29 is 47.2 Å². The number of hydrogen-bond acceptors (Lipinski definition) is 11. The third-order valence-corrected chi connectivity index (χ3v) is 8.68. The molecule has 0 spiro atoms. The summed E-state index contributed by atoms with van der Waals surface area (Å²) in [5, 5.41) is 0.686. The molecule has 2 heterocycles. The minimum Gasteiger partial charge on any atom is -0.461 e. The maximum atomic E-state index is 12.6. The molecule has 11 heteroatoms. The molecule has 0 radical (unpaired) electrons. The second-order valence-corrected chi connectivity index (χ2v) is 12.4. The molecule has 0 N–H and O–H groups in total. The van der Waals surface area contributed by atoms with Gasteiger partial charge in [-0.3, -0.25) is 14.4 Å². The van der Waals surface area contributed by atoms with Gasteiger partial charge in [-0.05, 0) is 41.3 Å². The highest BCUT2D eigenvalue weighted by molar-refractivity contribution is 5.81. The van der Waals surface area contributed by atoms with Gasteiger partial charge in [-0.15, -0.1) is 0 Å². The van der Waals surface area contributed by atoms with E-state index < -0.39 is 59.8 Å². The maximum absolute atomic E-state index is 12.6. The van der Waals surface area contributed by atoms with E-state index in [0.29, 0.717) is 10.9 Å². The lowest BCUT2D eigenvalue weighted by Crippen LogP contribution is -2.63. The van der Waals surface area contributed by atoms with Crippen molar-refractivity contribution in [3.05, 3.63) is 148 Å². The number of aryl methyl sites for hydroxylation is 1. The monoisotopic (exact) mass is 706 g/mol. The molecule has 0 amide bonds. The fourth-order valence-electron chi connectivity index (χ4n) is 6.57. The molecule has 1 saturated heterocycles. The Hall–Kier alpha value is -5.78. The fourth-order valence-corrected chi connectivity index (χ4v) is 6.57. The van der Waals surface area contributed by atoms with Crippen molar-refractivity contribution in [2.75, 3.05) is 6.61 Å². The van der Waals surface area contributed by atoms with Gasteiger partial charge in [0.15, 0.2) is 12.2 Å². The van der Waals surface area contributed by atoms with E-state index in [4.69, 9.17) is 32.8 Å². The van der Waals surface area contributed by atoms with Crippen LogP contribution in [0.5, 0.6) is 5.75 Å². The highest BCUT2D eigenvalue weighted by Crippen LogP contribution is 2.42. The smallest absolute Gasteiger partial charge is 0.336 e. The van der Waals surface area contributed by atoms with Gasteiger partial charge in [0.2, 0.25) is 12.4 Å². The van der Waals surface area contributed by atoms with Crippen molar-refractivity contribution >= 4 is 28.9 Å². The number of carbonyl (C=O) groups excluding carboxylic acids is 3. The van der Waals surface area contributed by atoms with Gasteiger partial charge in [0.1, 0.15) is 23.0 Å². The van der Waals surface area contributed by atoms with Crippen LogP contribution in [0.1, 0.15) is 43.0 Å². The molecule has 5 aromatic rings. The topological polar surface area (TPSA) is 137 Å². The molecule has 0 unspecified atom stereocenters. The van der Waals surface area contributed by atoms with E-state index in [2.05, 4.69) is 0 Å². The van der Waals surface area contributed by atoms with Gasteiger partial charge in [-0.1, -0.05) is 91.0 Å². The Kier molecular flexibility index (Phi) is 10.8. The van der Waals surface area contributed by atoms with Gasteiger partial charge in [-0.25, -0.2) is 4.79 Å². The molecule has 52 heavy (non-hydrogen) atoms. The lowest BCUT2D eigenvalue weighted by molar-refractivity contribution is -0.292. The van der Waals surface area contributed by atoms with Crippen LogP contribution in [0, 0.1) is 6.92 Å². The number of rotatable bonds is 11. The minimum absolute atomic E-state index is 0.197. The van der Waals surface area contributed by atoms with Crippen LogP contribution in [0.15, 0.2) is 124 Å². The first-order valence-electron chi connectivity index (χ1n) is 16.7. The zero-order chi connectivity index (χ0) is 36.8. The molecule has 11 nitrogen and oxygen atoms in total. The third kappa shape index (κ3) is 7.75. The first kappa shape index (κ1) is 36.0. The lowest BCUT2D eigenvalue weighted by atomic mass is 9.80. The number of benzene rings is 4. The molecule has 1 aliphatic heterocycles. The van der Waals surface area contributed by atoms with E-state index >= 15 is 0 Å². The molecular formula is C41H38O11. The molecule has 0 bridgehead atoms. The highest BCUT2D eigenvalue weighted by Gasteiger charge is 2.54. The van der Waals surface area contributed by atoms with Crippen LogP contribution in [-0.4, -0.2) is 55.2 Å². The molecule has 4 aromatic carbocycles. The summed E-state index contributed by atoms with van der Waals surface area (Å²) in [6.07, 6.45) is -6.63. The molecule has 1 aromatic heterocycles. The molecular weight excluding hydrogens is 668 g/mol. The summed E-state index contributed by atoms with van der Waals surface area (Å²) in [5.74, 6) is -1.96. The third-order valence-electron chi connectivity index (χ3n) is 8.68. The Morgan fingerprint density at radius 3 is 1.67 bits per heavy atom. The predicted octanol–water partition coefficient (Wildman–Crippen LogP) is 6.01. The number of ether oxygens (including phenoxy) is 6. The molecule has 6 rings (SSSR count). The SMILES string of the molecule is CC(=O)O[C@@H]1[C@@H](OC(C)=O)[C@H](Oc2ccc3c(C)cc(=O)oc3c2)O[C@H](COC(c2ccccc2)(c2ccccc2)c2ccccc2)[C@H]1OC(C)=O. The molecule has 0 saturated carbocycles. The van der Waals surface area contributed by atoms with Gasteiger partial charge in [-0.2, -0.15) is 0 Å². The largest absolute Gasteiger partial charge is 0.461 e. The minimum atomic E-state index is -1.41. The Morgan fingerprint density at radius 2 is 1.15 bits per heavy atom. The standard InChI is InChI=1S/C41H38O11/c1-25-22-36(45)51-34-23-32(20-21-33(25)34)50-40-39(49-28(4)44)38(48-27(3)43)37(47-26(2)42)35(52-40)24-46-41(29-14-8-5-9-15-29,30-16-10-6-11-17-30)31-18-12-7-13-19-31/h5-23,35,37-40H,24H2,1-4H3/t35-,37-,38+,39-,40-/m1/s1. The van der Waals surface area contributed by atoms with E-state index in [1.807, 2.05) is 91.0 Å². The van der Waals surface area contributed by atoms with Crippen LogP contribution in [-0.2, 0) is 43.7 Å². The summed E-state index contributed by atoms with van der Waals surface area (Å²) < 4.78 is 42.4. The van der Waals surface area contributed by atoms with E-state index in [1.165, 1.54) is 32.9 Å². The van der Waals surface area contributed by atoms with E-state index in [1.54, 1.807) is 19.1 Å². The normalized spacial score (nSPS) is 20.1. The molecule has 1 fully saturated rings. The molecule has 268 valence electrons. The predicted molar refractivity (Wildman–Crippen MR) is 188 cm³/mol. The van der Waals surface area contributed by atoms with Crippen molar-refractivity contribution in [3.63, 3.8) is 0 Å². The van der Waals surface area contributed by atoms with Gasteiger partial charge in [0.25, 0.3) is 0 Å². The number of esters is 3. The zero-order valence-corrected chi connectivity index (χ0v) is 29.1. The van der Waals surface area contributed by atoms with Gasteiger partial charge >= 0.3 is 23.5 Å². The van der Waals surface area contributed by atoms with Crippen LogP contribution in [0.4, 0.5) is 0 Å². The summed E-state index contributed by atoms with van der Waals surface area (Å²) in [6.45, 7) is 5.13. The van der Waals surface area contributed by atoms with Gasteiger partial charge in [0, 0.05) is 38.3 Å². The van der Waals surface area contributed by atoms with E-state index in [-0.39, 0.29) is 17.9 Å². The van der Waals surface area contributed by atoms with Gasteiger partial charge in [0.05, 0.1) is 6.61 Å². The van der Waals surface area contributed by atoms with Crippen LogP contribution < -0.4 is 10.4 Å². The first-order valence-corrected chi connectivity index (χ1v) is 16.7. The lowest BCUT2D eigenvalue weighted by Gasteiger charge is -2.45. The molecule has 1 aliphatic rings. The van der Waals surface area contributed by atoms with Crippen molar-refractivity contribution in [1.82, 2.24) is 0 Å². The number of carbonyl (C=O) groups is 3. The first-order chi connectivity index (χ1) is 25.0. The summed E-state index contributed by atoms with van der Waals surface area (Å²) in [6, 6.07) is 35.2. The summed E-state index contributed by atoms with van der Waals surface area (Å²) >= 11 is 0.